The Morgan fingerprint density at radius 2 is 1.82 bits per heavy atom. The zero-order valence-electron chi connectivity index (χ0n) is 16.4. The molecule has 6 heteroatoms. The molecule has 0 spiro atoms. The third-order valence-electron chi connectivity index (χ3n) is 5.00. The van der Waals surface area contributed by atoms with Crippen LogP contribution < -0.4 is 9.64 Å². The Morgan fingerprint density at radius 1 is 1.14 bits per heavy atom. The third kappa shape index (κ3) is 5.30. The Labute approximate surface area is 165 Å². The van der Waals surface area contributed by atoms with E-state index in [9.17, 15) is 14.3 Å². The number of aryl methyl sites for hydroxylation is 1. The molecule has 5 nitrogen and oxygen atoms in total. The van der Waals surface area contributed by atoms with Gasteiger partial charge in [0.15, 0.2) is 5.78 Å². The average Bonchev–Trinajstić information content (AvgIpc) is 2.68. The number of hydrogen-bond donors (Lipinski definition) is 1. The fourth-order valence-corrected chi connectivity index (χ4v) is 3.33. The molecule has 3 rings (SSSR count). The molecule has 0 bridgehead atoms. The van der Waals surface area contributed by atoms with Gasteiger partial charge in [-0.1, -0.05) is 17.7 Å². The molecule has 2 aromatic rings. The van der Waals surface area contributed by atoms with E-state index in [1.165, 1.54) is 13.0 Å². The highest BCUT2D eigenvalue weighted by atomic mass is 19.1. The summed E-state index contributed by atoms with van der Waals surface area (Å²) < 4.78 is 20.0. The molecule has 1 atom stereocenters. The van der Waals surface area contributed by atoms with Gasteiger partial charge in [-0.25, -0.2) is 4.39 Å². The Balaban J connectivity index is 1.46. The monoisotopic (exact) mass is 386 g/mol. The minimum Gasteiger partial charge on any atom is -0.491 e. The largest absolute Gasteiger partial charge is 0.491 e. The number of aliphatic hydroxyl groups excluding tert-OH is 1. The van der Waals surface area contributed by atoms with Gasteiger partial charge >= 0.3 is 0 Å². The van der Waals surface area contributed by atoms with Crippen molar-refractivity contribution in [2.24, 2.45) is 0 Å². The van der Waals surface area contributed by atoms with Crippen molar-refractivity contribution in [1.29, 1.82) is 0 Å². The number of carbonyl (C=O) groups is 1. The standard InChI is InChI=1S/C22H27FN2O3/c1-16-3-6-20(7-4-16)28-15-19(27)14-24-9-11-25(12-10-24)22-8-5-18(17(2)26)13-21(22)23/h3-8,13,19,27H,9-12,14-15H2,1-2H3. The highest BCUT2D eigenvalue weighted by Gasteiger charge is 2.22. The molecule has 1 N–H and O–H groups in total. The van der Waals surface area contributed by atoms with E-state index >= 15 is 0 Å². The van der Waals surface area contributed by atoms with Crippen molar-refractivity contribution < 1.29 is 19.0 Å². The zero-order valence-corrected chi connectivity index (χ0v) is 16.4. The second-order valence-electron chi connectivity index (χ2n) is 7.29. The zero-order chi connectivity index (χ0) is 20.1. The van der Waals surface area contributed by atoms with Crippen molar-refractivity contribution in [3.05, 3.63) is 59.4 Å². The normalized spacial score (nSPS) is 16.1. The summed E-state index contributed by atoms with van der Waals surface area (Å²) in [6.07, 6.45) is -0.584. The number of nitrogens with zero attached hydrogens (tertiary/aromatic N) is 2. The van der Waals surface area contributed by atoms with Gasteiger partial charge in [0.25, 0.3) is 0 Å². The summed E-state index contributed by atoms with van der Waals surface area (Å²) in [5, 5.41) is 10.3. The molecule has 1 heterocycles. The summed E-state index contributed by atoms with van der Waals surface area (Å²) in [5.74, 6) is 0.240. The molecule has 1 unspecified atom stereocenters. The number of benzene rings is 2. The maximum absolute atomic E-state index is 14.3. The Bertz CT molecular complexity index is 802. The van der Waals surface area contributed by atoms with Crippen molar-refractivity contribution >= 4 is 11.5 Å². The van der Waals surface area contributed by atoms with Crippen LogP contribution in [0.4, 0.5) is 10.1 Å². The molecule has 0 aliphatic carbocycles. The van der Waals surface area contributed by atoms with E-state index in [4.69, 9.17) is 4.74 Å². The Hall–Kier alpha value is -2.44. The van der Waals surface area contributed by atoms with Gasteiger partial charge in [0.2, 0.25) is 0 Å². The summed E-state index contributed by atoms with van der Waals surface area (Å²) in [7, 11) is 0. The van der Waals surface area contributed by atoms with Crippen LogP contribution in [0.3, 0.4) is 0 Å². The number of anilines is 1. The summed E-state index contributed by atoms with van der Waals surface area (Å²) in [5.41, 5.74) is 2.07. The molecule has 0 aromatic heterocycles. The molecule has 2 aromatic carbocycles. The van der Waals surface area contributed by atoms with Gasteiger partial charge in [-0.2, -0.15) is 0 Å². The molecule has 1 saturated heterocycles. The summed E-state index contributed by atoms with van der Waals surface area (Å²) in [6, 6.07) is 12.4. The van der Waals surface area contributed by atoms with Crippen LogP contribution >= 0.6 is 0 Å². The molecule has 1 aliphatic heterocycles. The van der Waals surface area contributed by atoms with E-state index < -0.39 is 6.10 Å². The van der Waals surface area contributed by atoms with E-state index in [1.807, 2.05) is 36.1 Å². The van der Waals surface area contributed by atoms with Crippen molar-refractivity contribution in [2.75, 3.05) is 44.2 Å². The van der Waals surface area contributed by atoms with Crippen LogP contribution in [-0.2, 0) is 0 Å². The number of ether oxygens (including phenoxy) is 1. The van der Waals surface area contributed by atoms with Crippen LogP contribution in [0.5, 0.6) is 5.75 Å². The fraction of sp³-hybridized carbons (Fsp3) is 0.409. The molecular formula is C22H27FN2O3. The quantitative estimate of drug-likeness (QED) is 0.742. The number of β-amino-alcohol motifs (C(OH)–C–C–N with tert-alkyl or cyclic N) is 1. The van der Waals surface area contributed by atoms with E-state index in [1.54, 1.807) is 12.1 Å². The van der Waals surface area contributed by atoms with Crippen LogP contribution in [0.25, 0.3) is 0 Å². The maximum Gasteiger partial charge on any atom is 0.159 e. The van der Waals surface area contributed by atoms with Crippen LogP contribution in [0, 0.1) is 12.7 Å². The van der Waals surface area contributed by atoms with Crippen molar-refractivity contribution in [1.82, 2.24) is 4.90 Å². The maximum atomic E-state index is 14.3. The number of piperazine rings is 1. The van der Waals surface area contributed by atoms with Gasteiger partial charge in [0.05, 0.1) is 5.69 Å². The number of carbonyl (C=O) groups excluding carboxylic acids is 1. The van der Waals surface area contributed by atoms with Crippen LogP contribution in [0.15, 0.2) is 42.5 Å². The average molecular weight is 386 g/mol. The van der Waals surface area contributed by atoms with Crippen molar-refractivity contribution in [2.45, 2.75) is 20.0 Å². The summed E-state index contributed by atoms with van der Waals surface area (Å²) >= 11 is 0. The first-order valence-electron chi connectivity index (χ1n) is 9.57. The highest BCUT2D eigenvalue weighted by molar-refractivity contribution is 5.94. The van der Waals surface area contributed by atoms with E-state index in [2.05, 4.69) is 4.90 Å². The van der Waals surface area contributed by atoms with Crippen LogP contribution in [-0.4, -0.2) is 61.2 Å². The second-order valence-corrected chi connectivity index (χ2v) is 7.29. The number of hydrogen-bond acceptors (Lipinski definition) is 5. The summed E-state index contributed by atoms with van der Waals surface area (Å²) in [6.45, 7) is 7.01. The molecular weight excluding hydrogens is 359 g/mol. The van der Waals surface area contributed by atoms with Gasteiger partial charge in [-0.05, 0) is 44.2 Å². The minimum absolute atomic E-state index is 0.142. The van der Waals surface area contributed by atoms with Crippen LogP contribution in [0.2, 0.25) is 0 Å². The first-order chi connectivity index (χ1) is 13.4. The molecule has 0 radical (unpaired) electrons. The third-order valence-corrected chi connectivity index (χ3v) is 5.00. The van der Waals surface area contributed by atoms with Gasteiger partial charge in [0.1, 0.15) is 24.3 Å². The van der Waals surface area contributed by atoms with Gasteiger partial charge in [0, 0.05) is 38.3 Å². The number of rotatable bonds is 7. The molecule has 150 valence electrons. The van der Waals surface area contributed by atoms with Gasteiger partial charge in [-0.3, -0.25) is 9.69 Å². The Morgan fingerprint density at radius 3 is 2.43 bits per heavy atom. The second kappa shape index (κ2) is 9.17. The highest BCUT2D eigenvalue weighted by Crippen LogP contribution is 2.22. The smallest absolute Gasteiger partial charge is 0.159 e. The number of Topliss-reactive ketones (excluding diaryl/α,β-unsaturated/α-hetero) is 1. The fourth-order valence-electron chi connectivity index (χ4n) is 3.33. The van der Waals surface area contributed by atoms with Gasteiger partial charge < -0.3 is 14.7 Å². The number of aliphatic hydroxyl groups is 1. The molecule has 0 amide bonds. The predicted molar refractivity (Wildman–Crippen MR) is 108 cm³/mol. The molecule has 1 fully saturated rings. The first kappa shape index (κ1) is 20.3. The van der Waals surface area contributed by atoms with Crippen LogP contribution in [0.1, 0.15) is 22.8 Å². The Kier molecular flexibility index (Phi) is 6.65. The van der Waals surface area contributed by atoms with Crippen molar-refractivity contribution in [3.8, 4) is 5.75 Å². The summed E-state index contributed by atoms with van der Waals surface area (Å²) in [4.78, 5) is 15.5. The van der Waals surface area contributed by atoms with E-state index in [0.717, 1.165) is 24.4 Å². The topological polar surface area (TPSA) is 53.0 Å². The van der Waals surface area contributed by atoms with Crippen molar-refractivity contribution in [3.63, 3.8) is 0 Å². The predicted octanol–water partition coefficient (Wildman–Crippen LogP) is 2.90. The lowest BCUT2D eigenvalue weighted by molar-refractivity contribution is 0.0662. The lowest BCUT2D eigenvalue weighted by Crippen LogP contribution is -2.49. The van der Waals surface area contributed by atoms with E-state index in [-0.39, 0.29) is 18.2 Å². The molecule has 28 heavy (non-hydrogen) atoms. The number of ketones is 1. The SMILES string of the molecule is CC(=O)c1ccc(N2CCN(CC(O)COc3ccc(C)cc3)CC2)c(F)c1. The lowest BCUT2D eigenvalue weighted by atomic mass is 10.1. The van der Waals surface area contributed by atoms with Gasteiger partial charge in [-0.15, -0.1) is 0 Å². The molecule has 1 aliphatic rings. The lowest BCUT2D eigenvalue weighted by Gasteiger charge is -2.37. The van der Waals surface area contributed by atoms with E-state index in [0.29, 0.717) is 30.9 Å². The number of halogens is 1. The minimum atomic E-state index is -0.584. The molecule has 0 saturated carbocycles. The first-order valence-corrected chi connectivity index (χ1v) is 9.57.